The van der Waals surface area contributed by atoms with E-state index in [0.29, 0.717) is 36.8 Å². The van der Waals surface area contributed by atoms with Gasteiger partial charge in [-0.3, -0.25) is 9.59 Å². The lowest BCUT2D eigenvalue weighted by Gasteiger charge is -2.39. The number of likely N-dealkylation sites (tertiary alicyclic amines) is 1. The van der Waals surface area contributed by atoms with Crippen LogP contribution in [0.2, 0.25) is 0 Å². The van der Waals surface area contributed by atoms with Crippen molar-refractivity contribution in [3.05, 3.63) is 65.9 Å². The van der Waals surface area contributed by atoms with Gasteiger partial charge in [-0.05, 0) is 74.3 Å². The lowest BCUT2D eigenvalue weighted by atomic mass is 9.85. The fraction of sp³-hybridized carbons (Fsp3) is 0.448. The molecule has 3 aliphatic rings. The molecule has 6 rings (SSSR count). The highest BCUT2D eigenvalue weighted by molar-refractivity contribution is 5.97. The summed E-state index contributed by atoms with van der Waals surface area (Å²) in [5.41, 5.74) is 2.90. The number of rotatable bonds is 7. The first-order chi connectivity index (χ1) is 17.2. The third kappa shape index (κ3) is 4.42. The predicted molar refractivity (Wildman–Crippen MR) is 133 cm³/mol. The second-order valence-electron chi connectivity index (χ2n) is 10.3. The Morgan fingerprint density at radius 3 is 2.69 bits per heavy atom. The number of furan rings is 1. The van der Waals surface area contributed by atoms with Gasteiger partial charge in [0.05, 0.1) is 18.4 Å². The molecule has 0 radical (unpaired) electrons. The molecule has 1 aromatic heterocycles. The van der Waals surface area contributed by atoms with Crippen molar-refractivity contribution in [2.24, 2.45) is 5.92 Å². The molecule has 6 nitrogen and oxygen atoms in total. The van der Waals surface area contributed by atoms with E-state index in [1.165, 1.54) is 5.56 Å². The van der Waals surface area contributed by atoms with Gasteiger partial charge in [-0.25, -0.2) is 0 Å². The highest BCUT2D eigenvalue weighted by atomic mass is 16.5. The number of para-hydroxylation sites is 1. The monoisotopic (exact) mass is 472 g/mol. The molecule has 0 aliphatic carbocycles. The molecule has 182 valence electrons. The Morgan fingerprint density at radius 2 is 1.89 bits per heavy atom. The number of nitrogens with zero attached hydrogens (tertiary/aromatic N) is 2. The van der Waals surface area contributed by atoms with E-state index < -0.39 is 0 Å². The third-order valence-electron chi connectivity index (χ3n) is 8.02. The Hall–Kier alpha value is -3.28. The maximum Gasteiger partial charge on any atom is 0.258 e. The second-order valence-corrected chi connectivity index (χ2v) is 10.3. The van der Waals surface area contributed by atoms with Crippen LogP contribution in [0.5, 0.6) is 5.75 Å². The second kappa shape index (κ2) is 9.40. The maximum absolute atomic E-state index is 13.7. The van der Waals surface area contributed by atoms with Gasteiger partial charge in [-0.15, -0.1) is 0 Å². The van der Waals surface area contributed by atoms with Crippen LogP contribution in [-0.2, 0) is 11.2 Å². The first-order valence-corrected chi connectivity index (χ1v) is 12.9. The fourth-order valence-corrected chi connectivity index (χ4v) is 6.36. The normalized spacial score (nSPS) is 23.9. The molecule has 3 aromatic rings. The number of ether oxygens (including phenoxy) is 1. The summed E-state index contributed by atoms with van der Waals surface area (Å²) in [5, 5.41) is 1.14. The van der Waals surface area contributed by atoms with Gasteiger partial charge in [0.1, 0.15) is 17.9 Å². The largest absolute Gasteiger partial charge is 0.491 e. The third-order valence-corrected chi connectivity index (χ3v) is 8.02. The summed E-state index contributed by atoms with van der Waals surface area (Å²) < 4.78 is 11.6. The van der Waals surface area contributed by atoms with Gasteiger partial charge in [-0.2, -0.15) is 0 Å². The number of piperidine rings is 1. The average Bonchev–Trinajstić information content (AvgIpc) is 3.57. The molecule has 35 heavy (non-hydrogen) atoms. The molecular weight excluding hydrogens is 440 g/mol. The topological polar surface area (TPSA) is 63.0 Å². The summed E-state index contributed by atoms with van der Waals surface area (Å²) in [7, 11) is 0. The molecule has 3 saturated heterocycles. The first-order valence-electron chi connectivity index (χ1n) is 12.9. The Balaban J connectivity index is 1.11. The highest BCUT2D eigenvalue weighted by Crippen LogP contribution is 2.41. The van der Waals surface area contributed by atoms with Gasteiger partial charge in [0, 0.05) is 30.4 Å². The van der Waals surface area contributed by atoms with E-state index in [2.05, 4.69) is 23.1 Å². The fourth-order valence-electron chi connectivity index (χ4n) is 6.36. The van der Waals surface area contributed by atoms with Gasteiger partial charge < -0.3 is 19.0 Å². The van der Waals surface area contributed by atoms with E-state index in [1.54, 1.807) is 6.26 Å². The van der Waals surface area contributed by atoms with Crippen LogP contribution in [0.25, 0.3) is 11.0 Å². The minimum atomic E-state index is 0.0841. The van der Waals surface area contributed by atoms with Crippen LogP contribution in [0.4, 0.5) is 0 Å². The van der Waals surface area contributed by atoms with Crippen molar-refractivity contribution in [1.82, 2.24) is 9.80 Å². The molecule has 0 N–H and O–H groups in total. The van der Waals surface area contributed by atoms with E-state index in [4.69, 9.17) is 9.15 Å². The molecule has 0 unspecified atom stereocenters. The molecule has 2 bridgehead atoms. The number of amides is 2. The smallest absolute Gasteiger partial charge is 0.258 e. The Labute approximate surface area is 205 Å². The quantitative estimate of drug-likeness (QED) is 0.482. The van der Waals surface area contributed by atoms with Crippen molar-refractivity contribution in [2.45, 2.75) is 57.0 Å². The molecule has 2 aromatic carbocycles. The van der Waals surface area contributed by atoms with Crippen LogP contribution in [0, 0.1) is 5.92 Å². The zero-order valence-corrected chi connectivity index (χ0v) is 20.0. The van der Waals surface area contributed by atoms with Crippen molar-refractivity contribution in [3.8, 4) is 5.75 Å². The molecule has 2 atom stereocenters. The highest BCUT2D eigenvalue weighted by Gasteiger charge is 2.43. The number of benzene rings is 2. The zero-order valence-electron chi connectivity index (χ0n) is 20.0. The van der Waals surface area contributed by atoms with Gasteiger partial charge in [0.25, 0.3) is 5.91 Å². The van der Waals surface area contributed by atoms with Crippen molar-refractivity contribution >= 4 is 22.8 Å². The summed E-state index contributed by atoms with van der Waals surface area (Å²) in [6.07, 6.45) is 8.55. The number of hydrogen-bond donors (Lipinski definition) is 0. The van der Waals surface area contributed by atoms with Crippen LogP contribution in [0.1, 0.15) is 54.4 Å². The van der Waals surface area contributed by atoms with Crippen LogP contribution in [0.3, 0.4) is 0 Å². The van der Waals surface area contributed by atoms with Crippen LogP contribution in [-0.4, -0.2) is 53.4 Å². The standard InChI is InChI=1S/C29H32N2O4/c32-28-6-3-12-30(28)13-15-35-26-5-2-1-4-25(26)29(33)31-23-9-10-24(31)18-21(17-23)16-20-7-8-22-11-14-34-27(22)19-20/h1-2,4-5,7-8,11,14,19,21,23-24H,3,6,9-10,12-13,15-18H2/t23-,24-/m0/s1. The van der Waals surface area contributed by atoms with Crippen molar-refractivity contribution in [2.75, 3.05) is 19.7 Å². The van der Waals surface area contributed by atoms with Crippen molar-refractivity contribution in [3.63, 3.8) is 0 Å². The predicted octanol–water partition coefficient (Wildman–Crippen LogP) is 5.06. The summed E-state index contributed by atoms with van der Waals surface area (Å²) in [4.78, 5) is 29.6. The van der Waals surface area contributed by atoms with E-state index in [9.17, 15) is 9.59 Å². The minimum absolute atomic E-state index is 0.0841. The SMILES string of the molecule is O=C1CCCN1CCOc1ccccc1C(=O)N1[C@H]2CC[C@H]1CC(Cc1ccc3ccoc3c1)C2. The molecule has 3 fully saturated rings. The van der Waals surface area contributed by atoms with E-state index >= 15 is 0 Å². The van der Waals surface area contributed by atoms with Crippen LogP contribution < -0.4 is 4.74 Å². The summed E-state index contributed by atoms with van der Waals surface area (Å²) in [5.74, 6) is 1.48. The Bertz CT molecular complexity index is 1220. The number of fused-ring (bicyclic) bond motifs is 3. The van der Waals surface area contributed by atoms with E-state index in [1.807, 2.05) is 35.2 Å². The van der Waals surface area contributed by atoms with Crippen LogP contribution in [0.15, 0.2) is 59.2 Å². The van der Waals surface area contributed by atoms with Gasteiger partial charge in [0.15, 0.2) is 0 Å². The zero-order chi connectivity index (χ0) is 23.8. The summed E-state index contributed by atoms with van der Waals surface area (Å²) in [6.45, 7) is 1.78. The molecular formula is C29H32N2O4. The molecule has 6 heteroatoms. The number of carbonyl (C=O) groups excluding carboxylic acids is 2. The number of carbonyl (C=O) groups is 2. The summed E-state index contributed by atoms with van der Waals surface area (Å²) in [6, 6.07) is 16.6. The van der Waals surface area contributed by atoms with E-state index in [-0.39, 0.29) is 23.9 Å². The summed E-state index contributed by atoms with van der Waals surface area (Å²) >= 11 is 0. The molecule has 0 spiro atoms. The van der Waals surface area contributed by atoms with Crippen LogP contribution >= 0.6 is 0 Å². The lowest BCUT2D eigenvalue weighted by Crippen LogP contribution is -2.47. The molecule has 3 aliphatic heterocycles. The lowest BCUT2D eigenvalue weighted by molar-refractivity contribution is -0.128. The van der Waals surface area contributed by atoms with Gasteiger partial charge in [0.2, 0.25) is 5.91 Å². The maximum atomic E-state index is 13.7. The molecule has 0 saturated carbocycles. The van der Waals surface area contributed by atoms with Gasteiger partial charge in [-0.1, -0.05) is 24.3 Å². The van der Waals surface area contributed by atoms with Crippen molar-refractivity contribution in [1.29, 1.82) is 0 Å². The molecule has 2 amide bonds. The van der Waals surface area contributed by atoms with E-state index in [0.717, 1.165) is 56.0 Å². The van der Waals surface area contributed by atoms with Crippen molar-refractivity contribution < 1.29 is 18.7 Å². The minimum Gasteiger partial charge on any atom is -0.491 e. The average molecular weight is 473 g/mol. The van der Waals surface area contributed by atoms with Gasteiger partial charge >= 0.3 is 0 Å². The Kier molecular flexibility index (Phi) is 5.96. The number of hydrogen-bond acceptors (Lipinski definition) is 4. The first kappa shape index (κ1) is 22.2. The Morgan fingerprint density at radius 1 is 1.06 bits per heavy atom. The molecule has 4 heterocycles.